The molecule has 0 spiro atoms. The molecule has 0 bridgehead atoms. The minimum atomic E-state index is -3.73. The minimum Gasteiger partial charge on any atom is -0.326 e. The first-order chi connectivity index (χ1) is 16.7. The molecule has 4 rings (SSSR count). The van der Waals surface area contributed by atoms with Crippen molar-refractivity contribution < 1.29 is 21.6 Å². The van der Waals surface area contributed by atoms with Crippen molar-refractivity contribution in [3.05, 3.63) is 53.6 Å². The Morgan fingerprint density at radius 3 is 1.86 bits per heavy atom. The fraction of sp³-hybridized carbons (Fsp3) is 0.458. The number of sulfonamides is 2. The summed E-state index contributed by atoms with van der Waals surface area (Å²) in [6.07, 6.45) is 4.93. The molecule has 8 nitrogen and oxygen atoms in total. The highest BCUT2D eigenvalue weighted by atomic mass is 35.5. The van der Waals surface area contributed by atoms with Gasteiger partial charge in [-0.15, -0.1) is 0 Å². The van der Waals surface area contributed by atoms with Crippen molar-refractivity contribution in [2.45, 2.75) is 48.3 Å². The van der Waals surface area contributed by atoms with Gasteiger partial charge in [-0.2, -0.15) is 8.61 Å². The Hall–Kier alpha value is -1.98. The van der Waals surface area contributed by atoms with E-state index in [0.717, 1.165) is 25.7 Å². The van der Waals surface area contributed by atoms with E-state index < -0.39 is 26.0 Å². The van der Waals surface area contributed by atoms with E-state index in [1.54, 1.807) is 12.1 Å². The number of anilines is 1. The molecule has 190 valence electrons. The molecule has 1 amide bonds. The van der Waals surface area contributed by atoms with E-state index in [0.29, 0.717) is 43.2 Å². The van der Waals surface area contributed by atoms with Crippen LogP contribution in [0.1, 0.15) is 38.5 Å². The van der Waals surface area contributed by atoms with Gasteiger partial charge < -0.3 is 5.32 Å². The Bertz CT molecular complexity index is 1240. The van der Waals surface area contributed by atoms with Crippen molar-refractivity contribution in [2.75, 3.05) is 31.5 Å². The van der Waals surface area contributed by atoms with E-state index in [1.165, 1.54) is 45.0 Å². The second-order valence-corrected chi connectivity index (χ2v) is 13.3. The predicted octanol–water partition coefficient (Wildman–Crippen LogP) is 3.94. The van der Waals surface area contributed by atoms with Gasteiger partial charge in [0.25, 0.3) is 0 Å². The largest absolute Gasteiger partial charge is 0.326 e. The first-order valence-electron chi connectivity index (χ1n) is 11.8. The van der Waals surface area contributed by atoms with Crippen LogP contribution in [0.2, 0.25) is 5.02 Å². The molecule has 1 N–H and O–H groups in total. The molecule has 2 aromatic rings. The van der Waals surface area contributed by atoms with E-state index in [2.05, 4.69) is 5.32 Å². The van der Waals surface area contributed by atoms with Gasteiger partial charge in [0.05, 0.1) is 15.7 Å². The topological polar surface area (TPSA) is 104 Å². The summed E-state index contributed by atoms with van der Waals surface area (Å²) in [5, 5.41) is 3.26. The van der Waals surface area contributed by atoms with E-state index in [1.807, 2.05) is 0 Å². The highest BCUT2D eigenvalue weighted by Crippen LogP contribution is 2.26. The van der Waals surface area contributed by atoms with Crippen LogP contribution in [0.25, 0.3) is 0 Å². The summed E-state index contributed by atoms with van der Waals surface area (Å²) in [7, 11) is -7.29. The zero-order valence-corrected chi connectivity index (χ0v) is 21.8. The fourth-order valence-electron chi connectivity index (χ4n) is 4.52. The molecule has 2 aliphatic rings. The van der Waals surface area contributed by atoms with E-state index in [-0.39, 0.29) is 22.2 Å². The van der Waals surface area contributed by atoms with Gasteiger partial charge in [0, 0.05) is 36.9 Å². The Labute approximate surface area is 212 Å². The molecule has 1 unspecified atom stereocenters. The number of carbonyl (C=O) groups is 1. The molecule has 2 saturated heterocycles. The zero-order valence-electron chi connectivity index (χ0n) is 19.4. The van der Waals surface area contributed by atoms with Crippen LogP contribution in [0.15, 0.2) is 58.3 Å². The average molecular weight is 540 g/mol. The molecule has 2 aliphatic heterocycles. The van der Waals surface area contributed by atoms with Gasteiger partial charge in [-0.1, -0.05) is 24.4 Å². The van der Waals surface area contributed by atoms with Crippen molar-refractivity contribution in [1.29, 1.82) is 0 Å². The van der Waals surface area contributed by atoms with Crippen molar-refractivity contribution in [3.8, 4) is 0 Å². The van der Waals surface area contributed by atoms with Gasteiger partial charge in [0.1, 0.15) is 0 Å². The van der Waals surface area contributed by atoms with Gasteiger partial charge >= 0.3 is 0 Å². The van der Waals surface area contributed by atoms with Crippen LogP contribution < -0.4 is 5.32 Å². The lowest BCUT2D eigenvalue weighted by Crippen LogP contribution is -2.43. The van der Waals surface area contributed by atoms with Gasteiger partial charge in [-0.25, -0.2) is 16.8 Å². The Morgan fingerprint density at radius 1 is 0.743 bits per heavy atom. The monoisotopic (exact) mass is 539 g/mol. The molecule has 2 heterocycles. The SMILES string of the molecule is O=C(Nc1ccc(S(=O)(=O)N2CCCCCC2)cc1)C1CCCN(S(=O)(=O)c2ccc(Cl)cc2)C1. The number of carbonyl (C=O) groups excluding carboxylic acids is 1. The van der Waals surface area contributed by atoms with Crippen LogP contribution >= 0.6 is 11.6 Å². The third-order valence-corrected chi connectivity index (χ3v) is 10.6. The molecule has 0 saturated carbocycles. The smallest absolute Gasteiger partial charge is 0.243 e. The molecular formula is C24H30ClN3O5S2. The Kier molecular flexibility index (Phi) is 8.17. The molecular weight excluding hydrogens is 510 g/mol. The Balaban J connectivity index is 1.40. The number of benzene rings is 2. The van der Waals surface area contributed by atoms with E-state index >= 15 is 0 Å². The molecule has 1 atom stereocenters. The number of hydrogen-bond acceptors (Lipinski definition) is 5. The highest BCUT2D eigenvalue weighted by Gasteiger charge is 2.33. The summed E-state index contributed by atoms with van der Waals surface area (Å²) < 4.78 is 54.8. The lowest BCUT2D eigenvalue weighted by molar-refractivity contribution is -0.120. The number of nitrogens with zero attached hydrogens (tertiary/aromatic N) is 2. The van der Waals surface area contributed by atoms with Gasteiger partial charge in [0.2, 0.25) is 26.0 Å². The van der Waals surface area contributed by atoms with Crippen molar-refractivity contribution >= 4 is 43.2 Å². The molecule has 11 heteroatoms. The summed E-state index contributed by atoms with van der Waals surface area (Å²) in [6, 6.07) is 12.1. The van der Waals surface area contributed by atoms with E-state index in [9.17, 15) is 21.6 Å². The number of piperidine rings is 1. The molecule has 0 radical (unpaired) electrons. The molecule has 0 aromatic heterocycles. The normalized spacial score (nSPS) is 20.8. The van der Waals surface area contributed by atoms with Gasteiger partial charge in [-0.3, -0.25) is 4.79 Å². The first kappa shape index (κ1) is 26.1. The van der Waals surface area contributed by atoms with Crippen LogP contribution in [0.5, 0.6) is 0 Å². The summed E-state index contributed by atoms with van der Waals surface area (Å²) >= 11 is 5.87. The molecule has 0 aliphatic carbocycles. The molecule has 35 heavy (non-hydrogen) atoms. The summed E-state index contributed by atoms with van der Waals surface area (Å²) in [5.74, 6) is -0.796. The fourth-order valence-corrected chi connectivity index (χ4v) is 7.68. The third-order valence-electron chi connectivity index (χ3n) is 6.53. The lowest BCUT2D eigenvalue weighted by Gasteiger charge is -2.31. The third kappa shape index (κ3) is 6.06. The standard InChI is InChI=1S/C24H30ClN3O5S2/c25-20-7-11-22(12-8-20)35(32,33)28-17-5-6-19(18-28)24(29)26-21-9-13-23(14-10-21)34(30,31)27-15-3-1-2-4-16-27/h7-14,19H,1-6,15-18H2,(H,26,29). The number of amides is 1. The number of nitrogens with one attached hydrogen (secondary N) is 1. The lowest BCUT2D eigenvalue weighted by atomic mass is 9.99. The van der Waals surface area contributed by atoms with Crippen LogP contribution in [0.3, 0.4) is 0 Å². The van der Waals surface area contributed by atoms with Crippen molar-refractivity contribution in [3.63, 3.8) is 0 Å². The predicted molar refractivity (Wildman–Crippen MR) is 135 cm³/mol. The Morgan fingerprint density at radius 2 is 1.26 bits per heavy atom. The summed E-state index contributed by atoms with van der Waals surface area (Å²) in [6.45, 7) is 1.48. The maximum absolute atomic E-state index is 13.0. The zero-order chi connectivity index (χ0) is 25.1. The van der Waals surface area contributed by atoms with Crippen LogP contribution in [-0.2, 0) is 24.8 Å². The average Bonchev–Trinajstić information content (AvgIpc) is 3.15. The van der Waals surface area contributed by atoms with Gasteiger partial charge in [-0.05, 0) is 74.2 Å². The second-order valence-electron chi connectivity index (χ2n) is 8.99. The second kappa shape index (κ2) is 11.0. The highest BCUT2D eigenvalue weighted by molar-refractivity contribution is 7.89. The van der Waals surface area contributed by atoms with Crippen molar-refractivity contribution in [2.24, 2.45) is 5.92 Å². The maximum atomic E-state index is 13.0. The molecule has 2 aromatic carbocycles. The number of hydrogen-bond donors (Lipinski definition) is 1. The maximum Gasteiger partial charge on any atom is 0.243 e. The minimum absolute atomic E-state index is 0.0816. The van der Waals surface area contributed by atoms with Crippen LogP contribution in [0, 0.1) is 5.92 Å². The van der Waals surface area contributed by atoms with Gasteiger partial charge in [0.15, 0.2) is 0 Å². The van der Waals surface area contributed by atoms with Crippen LogP contribution in [-0.4, -0.2) is 57.5 Å². The quantitative estimate of drug-likeness (QED) is 0.598. The van der Waals surface area contributed by atoms with Crippen molar-refractivity contribution in [1.82, 2.24) is 8.61 Å². The summed E-state index contributed by atoms with van der Waals surface area (Å²) in [5.41, 5.74) is 0.475. The number of halogens is 1. The first-order valence-corrected chi connectivity index (χ1v) is 15.1. The van der Waals surface area contributed by atoms with Crippen LogP contribution in [0.4, 0.5) is 5.69 Å². The summed E-state index contributed by atoms with van der Waals surface area (Å²) in [4.78, 5) is 13.3. The number of rotatable bonds is 6. The molecule has 2 fully saturated rings. The van der Waals surface area contributed by atoms with E-state index in [4.69, 9.17) is 11.6 Å².